The number of guanidine groups is 1. The molecule has 0 saturated carbocycles. The minimum Gasteiger partial charge on any atom is -0.497 e. The third-order valence-electron chi connectivity index (χ3n) is 3.29. The molecule has 0 unspecified atom stereocenters. The summed E-state index contributed by atoms with van der Waals surface area (Å²) < 4.78 is 51.7. The molecule has 0 atom stereocenters. The largest absolute Gasteiger partial charge is 0.573 e. The number of ether oxygens (including phenoxy) is 3. The molecule has 0 radical (unpaired) electrons. The molecule has 2 aromatic rings. The van der Waals surface area contributed by atoms with Crippen molar-refractivity contribution < 1.29 is 27.4 Å². The molecule has 0 aliphatic rings. The summed E-state index contributed by atoms with van der Waals surface area (Å²) in [5, 5.41) is 2.60. The molecule has 0 bridgehead atoms. The summed E-state index contributed by atoms with van der Waals surface area (Å²) in [6, 6.07) is 12.7. The van der Waals surface area contributed by atoms with Gasteiger partial charge in [-0.3, -0.25) is 4.99 Å². The van der Waals surface area contributed by atoms with Crippen molar-refractivity contribution in [2.45, 2.75) is 12.8 Å². The van der Waals surface area contributed by atoms with Crippen molar-refractivity contribution in [2.75, 3.05) is 25.6 Å². The normalized spacial score (nSPS) is 11.4. The smallest absolute Gasteiger partial charge is 0.497 e. The lowest BCUT2D eigenvalue weighted by molar-refractivity contribution is -0.274. The van der Waals surface area contributed by atoms with Crippen LogP contribution < -0.4 is 25.3 Å². The number of para-hydroxylation sites is 2. The van der Waals surface area contributed by atoms with Gasteiger partial charge in [-0.2, -0.15) is 0 Å². The summed E-state index contributed by atoms with van der Waals surface area (Å²) in [5.74, 6) is 1.04. The SMILES string of the molecule is COc1ccc(OCCCN=C(N)Nc2ccccc2OC(F)(F)F)cc1.I. The van der Waals surface area contributed by atoms with Crippen LogP contribution in [0.15, 0.2) is 53.5 Å². The summed E-state index contributed by atoms with van der Waals surface area (Å²) in [4.78, 5) is 4.06. The number of hydrogen-bond donors (Lipinski definition) is 2. The minimum atomic E-state index is -4.79. The topological polar surface area (TPSA) is 78.1 Å². The van der Waals surface area contributed by atoms with E-state index in [1.165, 1.54) is 18.2 Å². The lowest BCUT2D eigenvalue weighted by Gasteiger charge is -2.14. The molecule has 0 saturated heterocycles. The van der Waals surface area contributed by atoms with Gasteiger partial charge in [-0.1, -0.05) is 12.1 Å². The molecule has 2 rings (SSSR count). The standard InChI is InChI=1S/C18H20F3N3O3.HI/c1-25-13-7-9-14(10-8-13)26-12-4-11-23-17(22)24-15-5-2-3-6-16(15)27-18(19,20)21;/h2-3,5-10H,4,11-12H2,1H3,(H3,22,23,24);1H. The van der Waals surface area contributed by atoms with Gasteiger partial charge >= 0.3 is 6.36 Å². The highest BCUT2D eigenvalue weighted by Gasteiger charge is 2.32. The number of halogens is 4. The molecule has 28 heavy (non-hydrogen) atoms. The van der Waals surface area contributed by atoms with E-state index in [9.17, 15) is 13.2 Å². The zero-order valence-corrected chi connectivity index (χ0v) is 17.4. The van der Waals surface area contributed by atoms with Crippen molar-refractivity contribution in [3.63, 3.8) is 0 Å². The summed E-state index contributed by atoms with van der Waals surface area (Å²) in [6.07, 6.45) is -4.21. The van der Waals surface area contributed by atoms with Gasteiger partial charge in [-0.25, -0.2) is 0 Å². The van der Waals surface area contributed by atoms with Gasteiger partial charge in [0.25, 0.3) is 0 Å². The fraction of sp³-hybridized carbons (Fsp3) is 0.278. The predicted octanol–water partition coefficient (Wildman–Crippen LogP) is 4.41. The summed E-state index contributed by atoms with van der Waals surface area (Å²) >= 11 is 0. The van der Waals surface area contributed by atoms with E-state index >= 15 is 0 Å². The second kappa shape index (κ2) is 11.5. The van der Waals surface area contributed by atoms with Crippen molar-refractivity contribution in [3.05, 3.63) is 48.5 Å². The van der Waals surface area contributed by atoms with E-state index in [2.05, 4.69) is 15.0 Å². The van der Waals surface area contributed by atoms with Gasteiger partial charge in [0.15, 0.2) is 11.7 Å². The lowest BCUT2D eigenvalue weighted by Crippen LogP contribution is -2.24. The fourth-order valence-corrected chi connectivity index (χ4v) is 2.09. The Morgan fingerprint density at radius 1 is 1.07 bits per heavy atom. The molecule has 0 fully saturated rings. The molecule has 0 aliphatic carbocycles. The number of alkyl halides is 3. The van der Waals surface area contributed by atoms with Crippen LogP contribution in [-0.2, 0) is 0 Å². The van der Waals surface area contributed by atoms with Crippen LogP contribution >= 0.6 is 24.0 Å². The third kappa shape index (κ3) is 8.55. The second-order valence-corrected chi connectivity index (χ2v) is 5.31. The van der Waals surface area contributed by atoms with Gasteiger partial charge in [-0.05, 0) is 36.4 Å². The molecule has 154 valence electrons. The Balaban J connectivity index is 0.00000392. The number of benzene rings is 2. The first kappa shape index (κ1) is 23.7. The zero-order chi connectivity index (χ0) is 19.7. The predicted molar refractivity (Wildman–Crippen MR) is 112 cm³/mol. The van der Waals surface area contributed by atoms with Crippen LogP contribution in [0.4, 0.5) is 18.9 Å². The van der Waals surface area contributed by atoms with Crippen LogP contribution in [0.1, 0.15) is 6.42 Å². The average Bonchev–Trinajstić information content (AvgIpc) is 2.62. The molecule has 0 aromatic heterocycles. The number of aliphatic imine (C=N–C) groups is 1. The van der Waals surface area contributed by atoms with Gasteiger partial charge in [0.2, 0.25) is 0 Å². The Morgan fingerprint density at radius 2 is 1.71 bits per heavy atom. The first-order chi connectivity index (χ1) is 12.9. The minimum absolute atomic E-state index is 0. The molecular weight excluding hydrogens is 490 g/mol. The second-order valence-electron chi connectivity index (χ2n) is 5.31. The Kier molecular flexibility index (Phi) is 9.69. The highest BCUT2D eigenvalue weighted by Crippen LogP contribution is 2.29. The van der Waals surface area contributed by atoms with Crippen LogP contribution in [-0.4, -0.2) is 32.6 Å². The number of nitrogens with two attached hydrogens (primary N) is 1. The van der Waals surface area contributed by atoms with Crippen LogP contribution in [0.2, 0.25) is 0 Å². The first-order valence-corrected chi connectivity index (χ1v) is 8.06. The number of hydrogen-bond acceptors (Lipinski definition) is 4. The maximum atomic E-state index is 12.4. The quantitative estimate of drug-likeness (QED) is 0.238. The molecule has 0 heterocycles. The van der Waals surface area contributed by atoms with Crippen molar-refractivity contribution in [3.8, 4) is 17.2 Å². The Hall–Kier alpha value is -2.37. The number of nitrogens with one attached hydrogen (secondary N) is 1. The third-order valence-corrected chi connectivity index (χ3v) is 3.29. The van der Waals surface area contributed by atoms with Crippen molar-refractivity contribution in [1.82, 2.24) is 0 Å². The first-order valence-electron chi connectivity index (χ1n) is 8.06. The van der Waals surface area contributed by atoms with Crippen molar-refractivity contribution >= 4 is 35.6 Å². The molecule has 0 aliphatic heterocycles. The Labute approximate surface area is 177 Å². The monoisotopic (exact) mass is 511 g/mol. The average molecular weight is 511 g/mol. The summed E-state index contributed by atoms with van der Waals surface area (Å²) in [6.45, 7) is 0.758. The molecule has 0 spiro atoms. The molecular formula is C18H21F3IN3O3. The van der Waals surface area contributed by atoms with Crippen LogP contribution in [0.3, 0.4) is 0 Å². The van der Waals surface area contributed by atoms with Crippen LogP contribution in [0, 0.1) is 0 Å². The number of methoxy groups -OCH3 is 1. The van der Waals surface area contributed by atoms with E-state index in [1.54, 1.807) is 37.4 Å². The van der Waals surface area contributed by atoms with E-state index in [0.29, 0.717) is 25.3 Å². The van der Waals surface area contributed by atoms with Crippen molar-refractivity contribution in [1.29, 1.82) is 0 Å². The van der Waals surface area contributed by atoms with Crippen LogP contribution in [0.25, 0.3) is 0 Å². The van der Waals surface area contributed by atoms with E-state index in [0.717, 1.165) is 5.75 Å². The summed E-state index contributed by atoms with van der Waals surface area (Å²) in [7, 11) is 1.58. The van der Waals surface area contributed by atoms with Gasteiger partial charge < -0.3 is 25.3 Å². The Bertz CT molecular complexity index is 756. The Morgan fingerprint density at radius 3 is 2.36 bits per heavy atom. The molecule has 6 nitrogen and oxygen atoms in total. The molecule has 0 amide bonds. The summed E-state index contributed by atoms with van der Waals surface area (Å²) in [5.41, 5.74) is 5.79. The van der Waals surface area contributed by atoms with E-state index < -0.39 is 6.36 Å². The van der Waals surface area contributed by atoms with E-state index in [-0.39, 0.29) is 41.4 Å². The zero-order valence-electron chi connectivity index (χ0n) is 15.0. The highest BCUT2D eigenvalue weighted by atomic mass is 127. The van der Waals surface area contributed by atoms with Crippen molar-refractivity contribution in [2.24, 2.45) is 10.7 Å². The van der Waals surface area contributed by atoms with Gasteiger partial charge in [0.05, 0.1) is 19.4 Å². The maximum Gasteiger partial charge on any atom is 0.573 e. The van der Waals surface area contributed by atoms with E-state index in [4.69, 9.17) is 15.2 Å². The number of rotatable bonds is 8. The van der Waals surface area contributed by atoms with Gasteiger partial charge in [0, 0.05) is 13.0 Å². The molecule has 3 N–H and O–H groups in total. The van der Waals surface area contributed by atoms with Gasteiger partial charge in [0.1, 0.15) is 11.5 Å². The fourth-order valence-electron chi connectivity index (χ4n) is 2.09. The molecule has 2 aromatic carbocycles. The van der Waals surface area contributed by atoms with E-state index in [1.807, 2.05) is 0 Å². The lowest BCUT2D eigenvalue weighted by atomic mass is 10.3. The highest BCUT2D eigenvalue weighted by molar-refractivity contribution is 14.0. The van der Waals surface area contributed by atoms with Gasteiger partial charge in [-0.15, -0.1) is 37.1 Å². The molecule has 10 heteroatoms. The number of anilines is 1. The van der Waals surface area contributed by atoms with Crippen LogP contribution in [0.5, 0.6) is 17.2 Å². The number of nitrogens with zero attached hydrogens (tertiary/aromatic N) is 1. The maximum absolute atomic E-state index is 12.4.